The summed E-state index contributed by atoms with van der Waals surface area (Å²) in [4.78, 5) is 7.27. The molecular formula is C17H26ClN3. The highest BCUT2D eigenvalue weighted by Gasteiger charge is 2.11. The van der Waals surface area contributed by atoms with Crippen LogP contribution in [0.5, 0.6) is 0 Å². The lowest BCUT2D eigenvalue weighted by Gasteiger charge is -2.18. The molecule has 116 valence electrons. The predicted octanol–water partition coefficient (Wildman–Crippen LogP) is 3.86. The Hall–Kier alpha value is -1.06. The highest BCUT2D eigenvalue weighted by atomic mass is 35.5. The zero-order valence-corrected chi connectivity index (χ0v) is 14.2. The van der Waals surface area contributed by atoms with E-state index in [1.807, 2.05) is 0 Å². The summed E-state index contributed by atoms with van der Waals surface area (Å²) in [6, 6.07) is 6.41. The van der Waals surface area contributed by atoms with Gasteiger partial charge < -0.3 is 9.47 Å². The van der Waals surface area contributed by atoms with E-state index in [2.05, 4.69) is 48.4 Å². The lowest BCUT2D eigenvalue weighted by atomic mass is 10.2. The molecule has 0 N–H and O–H groups in total. The molecule has 0 aliphatic rings. The van der Waals surface area contributed by atoms with Crippen molar-refractivity contribution in [3.63, 3.8) is 0 Å². The van der Waals surface area contributed by atoms with E-state index >= 15 is 0 Å². The minimum Gasteiger partial charge on any atom is -0.328 e. The summed E-state index contributed by atoms with van der Waals surface area (Å²) in [5, 5.41) is 0. The second-order valence-corrected chi connectivity index (χ2v) is 5.82. The Kier molecular flexibility index (Phi) is 6.07. The molecule has 2 aromatic rings. The average molecular weight is 308 g/mol. The van der Waals surface area contributed by atoms with Crippen LogP contribution in [0.1, 0.15) is 31.7 Å². The van der Waals surface area contributed by atoms with E-state index in [0.717, 1.165) is 50.4 Å². The van der Waals surface area contributed by atoms with Crippen LogP contribution in [0.25, 0.3) is 11.0 Å². The molecule has 0 amide bonds. The summed E-state index contributed by atoms with van der Waals surface area (Å²) in [5.74, 6) is 1.74. The van der Waals surface area contributed by atoms with Crippen molar-refractivity contribution in [3.8, 4) is 0 Å². The summed E-state index contributed by atoms with van der Waals surface area (Å²) in [6.45, 7) is 11.0. The zero-order chi connectivity index (χ0) is 15.2. The molecule has 0 bridgehead atoms. The van der Waals surface area contributed by atoms with Gasteiger partial charge in [-0.1, -0.05) is 26.0 Å². The number of rotatable bonds is 8. The number of imidazole rings is 1. The Morgan fingerprint density at radius 3 is 2.67 bits per heavy atom. The Bertz CT molecular complexity index is 573. The van der Waals surface area contributed by atoms with Crippen molar-refractivity contribution in [3.05, 3.63) is 29.6 Å². The average Bonchev–Trinajstić information content (AvgIpc) is 2.84. The molecule has 2 rings (SSSR count). The minimum absolute atomic E-state index is 0.623. The van der Waals surface area contributed by atoms with Crippen LogP contribution in [0.4, 0.5) is 0 Å². The molecule has 0 saturated carbocycles. The van der Waals surface area contributed by atoms with Crippen molar-refractivity contribution in [2.24, 2.45) is 0 Å². The highest BCUT2D eigenvalue weighted by molar-refractivity contribution is 6.17. The molecule has 4 heteroatoms. The van der Waals surface area contributed by atoms with Crippen LogP contribution in [0.15, 0.2) is 18.2 Å². The maximum absolute atomic E-state index is 5.94. The van der Waals surface area contributed by atoms with E-state index in [9.17, 15) is 0 Å². The number of benzene rings is 1. The van der Waals surface area contributed by atoms with Gasteiger partial charge in [0.2, 0.25) is 0 Å². The van der Waals surface area contributed by atoms with E-state index in [0.29, 0.717) is 5.88 Å². The second kappa shape index (κ2) is 7.81. The van der Waals surface area contributed by atoms with E-state index in [-0.39, 0.29) is 0 Å². The van der Waals surface area contributed by atoms with Crippen molar-refractivity contribution >= 4 is 22.6 Å². The lowest BCUT2D eigenvalue weighted by Crippen LogP contribution is -2.25. The van der Waals surface area contributed by atoms with Crippen LogP contribution in [-0.4, -0.2) is 40.0 Å². The summed E-state index contributed by atoms with van der Waals surface area (Å²) in [7, 11) is 0. The van der Waals surface area contributed by atoms with Gasteiger partial charge in [0.15, 0.2) is 0 Å². The molecule has 0 radical (unpaired) electrons. The van der Waals surface area contributed by atoms with Gasteiger partial charge in [0, 0.05) is 18.8 Å². The number of hydrogen-bond donors (Lipinski definition) is 0. The fourth-order valence-corrected chi connectivity index (χ4v) is 3.02. The first-order valence-corrected chi connectivity index (χ1v) is 8.47. The Labute approximate surface area is 132 Å². The molecule has 0 aliphatic carbocycles. The van der Waals surface area contributed by atoms with E-state index in [4.69, 9.17) is 16.6 Å². The summed E-state index contributed by atoms with van der Waals surface area (Å²) < 4.78 is 2.36. The second-order valence-electron chi connectivity index (χ2n) is 5.44. The van der Waals surface area contributed by atoms with Gasteiger partial charge in [0.05, 0.1) is 11.0 Å². The highest BCUT2D eigenvalue weighted by Crippen LogP contribution is 2.20. The molecule has 0 aliphatic heterocycles. The van der Waals surface area contributed by atoms with Gasteiger partial charge in [-0.05, 0) is 44.6 Å². The van der Waals surface area contributed by atoms with E-state index in [1.165, 1.54) is 11.1 Å². The fourth-order valence-electron chi connectivity index (χ4n) is 2.85. The number of alkyl halides is 1. The standard InChI is InChI=1S/C17H26ClN3/c1-4-20(5-2)12-7-13-21-15-9-6-8-14(3)17(15)19-16(21)10-11-18/h6,8-9H,4-5,7,10-13H2,1-3H3. The third kappa shape index (κ3) is 3.78. The molecule has 0 fully saturated rings. The molecule has 1 heterocycles. The van der Waals surface area contributed by atoms with Crippen molar-refractivity contribution in [1.29, 1.82) is 0 Å². The van der Waals surface area contributed by atoms with Crippen LogP contribution in [0.3, 0.4) is 0 Å². The summed E-state index contributed by atoms with van der Waals surface area (Å²) in [5.41, 5.74) is 3.61. The first-order valence-electron chi connectivity index (χ1n) is 7.94. The molecule has 1 aromatic carbocycles. The number of hydrogen-bond acceptors (Lipinski definition) is 2. The molecular weight excluding hydrogens is 282 g/mol. The van der Waals surface area contributed by atoms with Crippen LogP contribution in [0, 0.1) is 6.92 Å². The third-order valence-electron chi connectivity index (χ3n) is 4.13. The maximum Gasteiger partial charge on any atom is 0.111 e. The predicted molar refractivity (Wildman–Crippen MR) is 91.3 cm³/mol. The van der Waals surface area contributed by atoms with Gasteiger partial charge >= 0.3 is 0 Å². The Balaban J connectivity index is 2.20. The van der Waals surface area contributed by atoms with Crippen molar-refractivity contribution < 1.29 is 0 Å². The van der Waals surface area contributed by atoms with Crippen molar-refractivity contribution in [2.45, 2.75) is 40.2 Å². The fraction of sp³-hybridized carbons (Fsp3) is 0.588. The smallest absolute Gasteiger partial charge is 0.111 e. The third-order valence-corrected chi connectivity index (χ3v) is 4.32. The number of halogens is 1. The number of aryl methyl sites for hydroxylation is 3. The van der Waals surface area contributed by atoms with Gasteiger partial charge in [-0.15, -0.1) is 11.6 Å². The maximum atomic E-state index is 5.94. The van der Waals surface area contributed by atoms with Gasteiger partial charge in [-0.2, -0.15) is 0 Å². The van der Waals surface area contributed by atoms with E-state index in [1.54, 1.807) is 0 Å². The van der Waals surface area contributed by atoms with Gasteiger partial charge in [-0.3, -0.25) is 0 Å². The van der Waals surface area contributed by atoms with Crippen molar-refractivity contribution in [2.75, 3.05) is 25.5 Å². The van der Waals surface area contributed by atoms with Crippen molar-refractivity contribution in [1.82, 2.24) is 14.5 Å². The van der Waals surface area contributed by atoms with Gasteiger partial charge in [0.25, 0.3) is 0 Å². The summed E-state index contributed by atoms with van der Waals surface area (Å²) in [6.07, 6.45) is 1.98. The molecule has 0 spiro atoms. The first-order chi connectivity index (χ1) is 10.2. The molecule has 1 aromatic heterocycles. The molecule has 0 saturated heterocycles. The van der Waals surface area contributed by atoms with Crippen LogP contribution < -0.4 is 0 Å². The zero-order valence-electron chi connectivity index (χ0n) is 13.4. The van der Waals surface area contributed by atoms with Gasteiger partial charge in [-0.25, -0.2) is 4.98 Å². The molecule has 21 heavy (non-hydrogen) atoms. The molecule has 0 atom stereocenters. The number of fused-ring (bicyclic) bond motifs is 1. The number of para-hydroxylation sites is 1. The molecule has 0 unspecified atom stereocenters. The molecule has 3 nitrogen and oxygen atoms in total. The first kappa shape index (κ1) is 16.3. The topological polar surface area (TPSA) is 21.1 Å². The summed E-state index contributed by atoms with van der Waals surface area (Å²) >= 11 is 5.94. The number of aromatic nitrogens is 2. The van der Waals surface area contributed by atoms with Crippen LogP contribution in [0.2, 0.25) is 0 Å². The van der Waals surface area contributed by atoms with Crippen LogP contribution in [-0.2, 0) is 13.0 Å². The van der Waals surface area contributed by atoms with Gasteiger partial charge in [0.1, 0.15) is 5.82 Å². The Morgan fingerprint density at radius 2 is 2.00 bits per heavy atom. The monoisotopic (exact) mass is 307 g/mol. The quantitative estimate of drug-likeness (QED) is 0.691. The Morgan fingerprint density at radius 1 is 1.24 bits per heavy atom. The largest absolute Gasteiger partial charge is 0.328 e. The van der Waals surface area contributed by atoms with Crippen LogP contribution >= 0.6 is 11.6 Å². The number of nitrogens with zero attached hydrogens (tertiary/aromatic N) is 3. The normalized spacial score (nSPS) is 11.7. The van der Waals surface area contributed by atoms with E-state index < -0.39 is 0 Å². The SMILES string of the molecule is CCN(CC)CCCn1c(CCCl)nc2c(C)cccc21. The lowest BCUT2D eigenvalue weighted by molar-refractivity contribution is 0.293. The minimum atomic E-state index is 0.623.